The van der Waals surface area contributed by atoms with Gasteiger partial charge in [0, 0.05) is 32.2 Å². The first-order chi connectivity index (χ1) is 9.44. The molecule has 4 N–H and O–H groups in total. The summed E-state index contributed by atoms with van der Waals surface area (Å²) in [6, 6.07) is 0. The monoisotopic (exact) mass is 343 g/mol. The number of amides is 1. The molecule has 126 valence electrons. The molecule has 0 spiro atoms. The minimum absolute atomic E-state index is 0. The van der Waals surface area contributed by atoms with E-state index in [9.17, 15) is 13.2 Å². The first-order valence-corrected chi connectivity index (χ1v) is 8.66. The van der Waals surface area contributed by atoms with Gasteiger partial charge in [0.1, 0.15) is 0 Å². The lowest BCUT2D eigenvalue weighted by Crippen LogP contribution is -2.40. The van der Waals surface area contributed by atoms with Crippen molar-refractivity contribution >= 4 is 28.3 Å². The van der Waals surface area contributed by atoms with Gasteiger partial charge < -0.3 is 15.8 Å². The second-order valence-corrected chi connectivity index (χ2v) is 7.01. The van der Waals surface area contributed by atoms with Gasteiger partial charge in [0.05, 0.1) is 11.9 Å². The Morgan fingerprint density at radius 3 is 2.71 bits per heavy atom. The number of carbonyl (C=O) groups excluding carboxylic acids is 1. The number of hydrogen-bond donors (Lipinski definition) is 3. The van der Waals surface area contributed by atoms with Crippen LogP contribution in [0.4, 0.5) is 0 Å². The summed E-state index contributed by atoms with van der Waals surface area (Å²) < 4.78 is 31.5. The predicted molar refractivity (Wildman–Crippen MR) is 83.9 cm³/mol. The number of halogens is 1. The standard InChI is InChI=1S/C12H25N3O4S.ClH/c1-10(8-13)12(16)14-5-7-20(17,18)15-9-11-4-2-3-6-19-11;/h10-11,15H,2-9,13H2,1H3,(H,14,16);1H. The fourth-order valence-electron chi connectivity index (χ4n) is 1.85. The second kappa shape index (κ2) is 10.3. The number of carbonyl (C=O) groups is 1. The molecule has 0 aromatic carbocycles. The van der Waals surface area contributed by atoms with Gasteiger partial charge in [-0.3, -0.25) is 4.79 Å². The molecule has 1 fully saturated rings. The molecule has 1 aliphatic heterocycles. The molecular weight excluding hydrogens is 318 g/mol. The molecule has 1 amide bonds. The molecule has 0 aromatic heterocycles. The quantitative estimate of drug-likeness (QED) is 0.556. The topological polar surface area (TPSA) is 111 Å². The van der Waals surface area contributed by atoms with Crippen LogP contribution in [0, 0.1) is 5.92 Å². The summed E-state index contributed by atoms with van der Waals surface area (Å²) in [5.74, 6) is -0.664. The fourth-order valence-corrected chi connectivity index (χ4v) is 2.81. The number of rotatable bonds is 8. The van der Waals surface area contributed by atoms with E-state index in [1.54, 1.807) is 6.92 Å². The molecule has 0 aromatic rings. The molecule has 7 nitrogen and oxygen atoms in total. The van der Waals surface area contributed by atoms with Crippen molar-refractivity contribution in [3.63, 3.8) is 0 Å². The van der Waals surface area contributed by atoms with Gasteiger partial charge in [-0.05, 0) is 19.3 Å². The molecule has 21 heavy (non-hydrogen) atoms. The zero-order valence-corrected chi connectivity index (χ0v) is 14.0. The molecule has 1 saturated heterocycles. The summed E-state index contributed by atoms with van der Waals surface area (Å²) >= 11 is 0. The average molecular weight is 344 g/mol. The van der Waals surface area contributed by atoms with E-state index in [1.807, 2.05) is 0 Å². The number of hydrogen-bond acceptors (Lipinski definition) is 5. The fraction of sp³-hybridized carbons (Fsp3) is 0.917. The summed E-state index contributed by atoms with van der Waals surface area (Å²) in [5.41, 5.74) is 5.36. The van der Waals surface area contributed by atoms with Gasteiger partial charge >= 0.3 is 0 Å². The van der Waals surface area contributed by atoms with Gasteiger partial charge in [0.2, 0.25) is 15.9 Å². The number of nitrogens with one attached hydrogen (secondary N) is 2. The Balaban J connectivity index is 0.00000400. The smallest absolute Gasteiger partial charge is 0.224 e. The Morgan fingerprint density at radius 1 is 1.43 bits per heavy atom. The zero-order chi connectivity index (χ0) is 15.0. The summed E-state index contributed by atoms with van der Waals surface area (Å²) in [4.78, 5) is 11.4. The van der Waals surface area contributed by atoms with Gasteiger partial charge in [-0.15, -0.1) is 12.4 Å². The SMILES string of the molecule is CC(CN)C(=O)NCCS(=O)(=O)NCC1CCCCO1.Cl. The van der Waals surface area contributed by atoms with Crippen molar-refractivity contribution in [2.45, 2.75) is 32.3 Å². The number of ether oxygens (including phenoxy) is 1. The molecule has 0 aliphatic carbocycles. The van der Waals surface area contributed by atoms with E-state index < -0.39 is 10.0 Å². The number of sulfonamides is 1. The van der Waals surface area contributed by atoms with Crippen molar-refractivity contribution < 1.29 is 17.9 Å². The molecule has 0 radical (unpaired) electrons. The summed E-state index contributed by atoms with van der Waals surface area (Å²) in [7, 11) is -3.39. The third kappa shape index (κ3) is 8.57. The van der Waals surface area contributed by atoms with E-state index in [0.717, 1.165) is 19.3 Å². The summed E-state index contributed by atoms with van der Waals surface area (Å²) in [5, 5.41) is 2.56. The van der Waals surface area contributed by atoms with Crippen LogP contribution in [0.3, 0.4) is 0 Å². The molecule has 1 aliphatic rings. The summed E-state index contributed by atoms with van der Waals surface area (Å²) in [6.45, 7) is 3.03. The Bertz CT molecular complexity index is 399. The maximum atomic E-state index is 11.8. The van der Waals surface area contributed by atoms with Crippen LogP contribution in [0.2, 0.25) is 0 Å². The highest BCUT2D eigenvalue weighted by Crippen LogP contribution is 2.11. The largest absolute Gasteiger partial charge is 0.377 e. The van der Waals surface area contributed by atoms with E-state index in [1.165, 1.54) is 0 Å². The van der Waals surface area contributed by atoms with Crippen LogP contribution in [0.15, 0.2) is 0 Å². The van der Waals surface area contributed by atoms with Gasteiger partial charge in [0.15, 0.2) is 0 Å². The van der Waals surface area contributed by atoms with E-state index in [-0.39, 0.29) is 49.2 Å². The lowest BCUT2D eigenvalue weighted by Gasteiger charge is -2.22. The molecule has 1 heterocycles. The minimum Gasteiger partial charge on any atom is -0.377 e. The molecule has 0 bridgehead atoms. The number of nitrogens with two attached hydrogens (primary N) is 1. The molecule has 1 rings (SSSR count). The van der Waals surface area contributed by atoms with Crippen LogP contribution >= 0.6 is 12.4 Å². The van der Waals surface area contributed by atoms with Crippen LogP contribution < -0.4 is 15.8 Å². The van der Waals surface area contributed by atoms with Crippen molar-refractivity contribution in [3.8, 4) is 0 Å². The van der Waals surface area contributed by atoms with E-state index in [4.69, 9.17) is 10.5 Å². The van der Waals surface area contributed by atoms with Gasteiger partial charge in [0.25, 0.3) is 0 Å². The maximum Gasteiger partial charge on any atom is 0.224 e. The molecular formula is C12H26ClN3O4S. The van der Waals surface area contributed by atoms with Crippen molar-refractivity contribution in [1.82, 2.24) is 10.0 Å². The zero-order valence-electron chi connectivity index (χ0n) is 12.3. The van der Waals surface area contributed by atoms with Crippen LogP contribution in [0.1, 0.15) is 26.2 Å². The van der Waals surface area contributed by atoms with Crippen LogP contribution in [-0.4, -0.2) is 52.4 Å². The Labute approximate surface area is 132 Å². The van der Waals surface area contributed by atoms with E-state index in [0.29, 0.717) is 13.2 Å². The van der Waals surface area contributed by atoms with E-state index >= 15 is 0 Å². The predicted octanol–water partition coefficient (Wildman–Crippen LogP) is -0.392. The van der Waals surface area contributed by atoms with E-state index in [2.05, 4.69) is 10.0 Å². The first kappa shape index (κ1) is 20.6. The Hall–Kier alpha value is -0.410. The second-order valence-electron chi connectivity index (χ2n) is 5.08. The van der Waals surface area contributed by atoms with Crippen molar-refractivity contribution in [2.24, 2.45) is 11.7 Å². The highest BCUT2D eigenvalue weighted by molar-refractivity contribution is 7.89. The highest BCUT2D eigenvalue weighted by Gasteiger charge is 2.18. The third-order valence-corrected chi connectivity index (χ3v) is 4.62. The molecule has 9 heteroatoms. The highest BCUT2D eigenvalue weighted by atomic mass is 35.5. The van der Waals surface area contributed by atoms with Crippen molar-refractivity contribution in [2.75, 3.05) is 32.0 Å². The van der Waals surface area contributed by atoms with Crippen molar-refractivity contribution in [1.29, 1.82) is 0 Å². The Morgan fingerprint density at radius 2 is 2.14 bits per heavy atom. The average Bonchev–Trinajstić information content (AvgIpc) is 2.45. The maximum absolute atomic E-state index is 11.8. The minimum atomic E-state index is -3.39. The molecule has 2 atom stereocenters. The van der Waals surface area contributed by atoms with Gasteiger partial charge in [-0.2, -0.15) is 0 Å². The lowest BCUT2D eigenvalue weighted by atomic mass is 10.1. The Kier molecular flexibility index (Phi) is 10.1. The van der Waals surface area contributed by atoms with Crippen LogP contribution in [-0.2, 0) is 19.6 Å². The summed E-state index contributed by atoms with van der Waals surface area (Å²) in [6.07, 6.45) is 2.95. The molecule has 2 unspecified atom stereocenters. The van der Waals surface area contributed by atoms with Crippen LogP contribution in [0.25, 0.3) is 0 Å². The first-order valence-electron chi connectivity index (χ1n) is 7.01. The normalized spacial score (nSPS) is 20.4. The molecule has 0 saturated carbocycles. The van der Waals surface area contributed by atoms with Crippen molar-refractivity contribution in [3.05, 3.63) is 0 Å². The van der Waals surface area contributed by atoms with Gasteiger partial charge in [-0.1, -0.05) is 6.92 Å². The third-order valence-electron chi connectivity index (χ3n) is 3.28. The van der Waals surface area contributed by atoms with Gasteiger partial charge in [-0.25, -0.2) is 13.1 Å². The lowest BCUT2D eigenvalue weighted by molar-refractivity contribution is -0.124. The van der Waals surface area contributed by atoms with Crippen LogP contribution in [0.5, 0.6) is 0 Å².